The number of benzene rings is 1. The standard InChI is InChI=1S/C11H16ClNO/c1-2-11(13)8-14-7-9-4-3-5-10(12)6-9/h3-6,11H,2,7-8,13H2,1H3. The Labute approximate surface area is 90.0 Å². The third-order valence-corrected chi connectivity index (χ3v) is 2.25. The van der Waals surface area contributed by atoms with Gasteiger partial charge in [-0.05, 0) is 24.1 Å². The molecule has 0 spiro atoms. The van der Waals surface area contributed by atoms with Gasteiger partial charge < -0.3 is 10.5 Å². The van der Waals surface area contributed by atoms with Gasteiger partial charge in [0, 0.05) is 11.1 Å². The van der Waals surface area contributed by atoms with E-state index >= 15 is 0 Å². The maximum Gasteiger partial charge on any atom is 0.0718 e. The van der Waals surface area contributed by atoms with Gasteiger partial charge in [-0.15, -0.1) is 0 Å². The van der Waals surface area contributed by atoms with E-state index in [0.717, 1.165) is 17.0 Å². The second-order valence-corrected chi connectivity index (χ2v) is 3.75. The van der Waals surface area contributed by atoms with Gasteiger partial charge in [-0.25, -0.2) is 0 Å². The van der Waals surface area contributed by atoms with Crippen LogP contribution in [0.1, 0.15) is 18.9 Å². The van der Waals surface area contributed by atoms with Crippen molar-refractivity contribution < 1.29 is 4.74 Å². The summed E-state index contributed by atoms with van der Waals surface area (Å²) < 4.78 is 5.44. The maximum atomic E-state index is 5.83. The summed E-state index contributed by atoms with van der Waals surface area (Å²) in [5.41, 5.74) is 6.80. The Kier molecular flexibility index (Phi) is 4.94. The predicted molar refractivity (Wildman–Crippen MR) is 59.4 cm³/mol. The van der Waals surface area contributed by atoms with Crippen molar-refractivity contribution >= 4 is 11.6 Å². The highest BCUT2D eigenvalue weighted by Crippen LogP contribution is 2.11. The van der Waals surface area contributed by atoms with Gasteiger partial charge >= 0.3 is 0 Å². The van der Waals surface area contributed by atoms with Crippen LogP contribution in [0.25, 0.3) is 0 Å². The number of halogens is 1. The molecular weight excluding hydrogens is 198 g/mol. The molecule has 0 aromatic heterocycles. The fourth-order valence-corrected chi connectivity index (χ4v) is 1.29. The van der Waals surface area contributed by atoms with E-state index in [1.165, 1.54) is 0 Å². The first kappa shape index (κ1) is 11.5. The fraction of sp³-hybridized carbons (Fsp3) is 0.455. The van der Waals surface area contributed by atoms with Gasteiger partial charge in [0.05, 0.1) is 13.2 Å². The fourth-order valence-electron chi connectivity index (χ4n) is 1.07. The normalized spacial score (nSPS) is 12.8. The Morgan fingerprint density at radius 1 is 1.50 bits per heavy atom. The Hall–Kier alpha value is -0.570. The Bertz CT molecular complexity index is 278. The summed E-state index contributed by atoms with van der Waals surface area (Å²) in [7, 11) is 0. The van der Waals surface area contributed by atoms with Crippen molar-refractivity contribution in [1.29, 1.82) is 0 Å². The van der Waals surface area contributed by atoms with Gasteiger partial charge in [-0.1, -0.05) is 30.7 Å². The van der Waals surface area contributed by atoms with E-state index in [-0.39, 0.29) is 6.04 Å². The molecule has 2 N–H and O–H groups in total. The molecule has 0 saturated carbocycles. The molecule has 0 bridgehead atoms. The summed E-state index contributed by atoms with van der Waals surface area (Å²) in [4.78, 5) is 0. The molecule has 14 heavy (non-hydrogen) atoms. The Balaban J connectivity index is 2.31. The van der Waals surface area contributed by atoms with E-state index in [2.05, 4.69) is 0 Å². The molecule has 78 valence electrons. The molecule has 1 aromatic rings. The first-order valence-electron chi connectivity index (χ1n) is 4.80. The first-order valence-corrected chi connectivity index (χ1v) is 5.18. The van der Waals surface area contributed by atoms with Crippen LogP contribution >= 0.6 is 11.6 Å². The van der Waals surface area contributed by atoms with Gasteiger partial charge in [-0.2, -0.15) is 0 Å². The van der Waals surface area contributed by atoms with Gasteiger partial charge in [0.25, 0.3) is 0 Å². The molecule has 2 nitrogen and oxygen atoms in total. The van der Waals surface area contributed by atoms with E-state index in [9.17, 15) is 0 Å². The van der Waals surface area contributed by atoms with Crippen LogP contribution < -0.4 is 5.73 Å². The lowest BCUT2D eigenvalue weighted by molar-refractivity contribution is 0.107. The second-order valence-electron chi connectivity index (χ2n) is 3.31. The van der Waals surface area contributed by atoms with Gasteiger partial charge in [0.1, 0.15) is 0 Å². The molecule has 0 aliphatic rings. The van der Waals surface area contributed by atoms with Crippen LogP contribution in [0, 0.1) is 0 Å². The molecular formula is C11H16ClNO. The minimum absolute atomic E-state index is 0.134. The summed E-state index contributed by atoms with van der Waals surface area (Å²) in [5, 5.41) is 0.742. The maximum absolute atomic E-state index is 5.83. The van der Waals surface area contributed by atoms with E-state index in [0.29, 0.717) is 13.2 Å². The molecule has 0 aliphatic heterocycles. The highest BCUT2D eigenvalue weighted by atomic mass is 35.5. The summed E-state index contributed by atoms with van der Waals surface area (Å²) in [5.74, 6) is 0. The number of hydrogen-bond acceptors (Lipinski definition) is 2. The van der Waals surface area contributed by atoms with E-state index in [1.54, 1.807) is 0 Å². The Morgan fingerprint density at radius 2 is 2.29 bits per heavy atom. The van der Waals surface area contributed by atoms with Gasteiger partial charge in [0.15, 0.2) is 0 Å². The monoisotopic (exact) mass is 213 g/mol. The number of ether oxygens (including phenoxy) is 1. The lowest BCUT2D eigenvalue weighted by atomic mass is 10.2. The summed E-state index contributed by atoms with van der Waals surface area (Å²) in [6.45, 7) is 3.23. The Morgan fingerprint density at radius 3 is 2.93 bits per heavy atom. The van der Waals surface area contributed by atoms with Crippen LogP contribution in [0.15, 0.2) is 24.3 Å². The number of hydrogen-bond donors (Lipinski definition) is 1. The van der Waals surface area contributed by atoms with Crippen LogP contribution in [-0.4, -0.2) is 12.6 Å². The van der Waals surface area contributed by atoms with Crippen molar-refractivity contribution in [1.82, 2.24) is 0 Å². The first-order chi connectivity index (χ1) is 6.72. The molecule has 1 atom stereocenters. The zero-order chi connectivity index (χ0) is 10.4. The van der Waals surface area contributed by atoms with Crippen molar-refractivity contribution in [2.45, 2.75) is 26.0 Å². The van der Waals surface area contributed by atoms with Crippen LogP contribution in [0.4, 0.5) is 0 Å². The van der Waals surface area contributed by atoms with Gasteiger partial charge in [0.2, 0.25) is 0 Å². The quantitative estimate of drug-likeness (QED) is 0.816. The molecule has 1 aromatic carbocycles. The molecule has 0 radical (unpaired) electrons. The molecule has 1 rings (SSSR count). The number of nitrogens with two attached hydrogens (primary N) is 1. The molecule has 0 amide bonds. The van der Waals surface area contributed by atoms with Crippen molar-refractivity contribution in [3.8, 4) is 0 Å². The topological polar surface area (TPSA) is 35.2 Å². The summed E-state index contributed by atoms with van der Waals surface area (Å²) in [6, 6.07) is 7.79. The average molecular weight is 214 g/mol. The van der Waals surface area contributed by atoms with E-state index < -0.39 is 0 Å². The SMILES string of the molecule is CCC(N)COCc1cccc(Cl)c1. The van der Waals surface area contributed by atoms with Crippen molar-refractivity contribution in [3.63, 3.8) is 0 Å². The average Bonchev–Trinajstić information content (AvgIpc) is 2.17. The molecule has 0 fully saturated rings. The number of rotatable bonds is 5. The van der Waals surface area contributed by atoms with Crippen LogP contribution in [0.2, 0.25) is 5.02 Å². The van der Waals surface area contributed by atoms with Gasteiger partial charge in [-0.3, -0.25) is 0 Å². The largest absolute Gasteiger partial charge is 0.375 e. The molecule has 1 unspecified atom stereocenters. The third kappa shape index (κ3) is 4.09. The zero-order valence-corrected chi connectivity index (χ0v) is 9.13. The smallest absolute Gasteiger partial charge is 0.0718 e. The second kappa shape index (κ2) is 6.02. The van der Waals surface area contributed by atoms with Crippen molar-refractivity contribution in [3.05, 3.63) is 34.9 Å². The predicted octanol–water partition coefficient (Wildman–Crippen LogP) is 2.59. The summed E-state index contributed by atoms with van der Waals surface area (Å²) in [6.07, 6.45) is 0.940. The third-order valence-electron chi connectivity index (χ3n) is 2.01. The summed E-state index contributed by atoms with van der Waals surface area (Å²) >= 11 is 5.83. The molecule has 0 saturated heterocycles. The van der Waals surface area contributed by atoms with Crippen molar-refractivity contribution in [2.75, 3.05) is 6.61 Å². The lowest BCUT2D eigenvalue weighted by Gasteiger charge is -2.09. The van der Waals surface area contributed by atoms with Crippen LogP contribution in [-0.2, 0) is 11.3 Å². The highest BCUT2D eigenvalue weighted by Gasteiger charge is 1.99. The highest BCUT2D eigenvalue weighted by molar-refractivity contribution is 6.30. The van der Waals surface area contributed by atoms with Crippen LogP contribution in [0.5, 0.6) is 0 Å². The van der Waals surface area contributed by atoms with Crippen LogP contribution in [0.3, 0.4) is 0 Å². The van der Waals surface area contributed by atoms with E-state index in [4.69, 9.17) is 22.1 Å². The minimum Gasteiger partial charge on any atom is -0.375 e. The van der Waals surface area contributed by atoms with E-state index in [1.807, 2.05) is 31.2 Å². The lowest BCUT2D eigenvalue weighted by Crippen LogP contribution is -2.24. The van der Waals surface area contributed by atoms with Crippen molar-refractivity contribution in [2.24, 2.45) is 5.73 Å². The zero-order valence-electron chi connectivity index (χ0n) is 8.37. The molecule has 0 heterocycles. The minimum atomic E-state index is 0.134. The molecule has 3 heteroatoms. The molecule has 0 aliphatic carbocycles.